The molecule has 2 rings (SSSR count). The standard InChI is InChI=1S/C11H14BrN3O2/c12-9-3-8(4-14-5-9)11(16)15-7-10-6-13-1-2-17-10/h3-5,10,13H,1-2,6-7H2,(H,15,16). The van der Waals surface area contributed by atoms with Gasteiger partial charge in [-0.2, -0.15) is 0 Å². The van der Waals surface area contributed by atoms with Crippen molar-refractivity contribution in [2.24, 2.45) is 0 Å². The third-order valence-corrected chi connectivity index (χ3v) is 2.90. The molecule has 0 aromatic carbocycles. The summed E-state index contributed by atoms with van der Waals surface area (Å²) in [7, 11) is 0. The molecular formula is C11H14BrN3O2. The van der Waals surface area contributed by atoms with E-state index in [0.717, 1.165) is 17.6 Å². The third-order valence-electron chi connectivity index (χ3n) is 2.46. The second-order valence-corrected chi connectivity index (χ2v) is 4.71. The van der Waals surface area contributed by atoms with E-state index in [2.05, 4.69) is 31.5 Å². The quantitative estimate of drug-likeness (QED) is 0.856. The molecule has 1 fully saturated rings. The molecule has 0 spiro atoms. The van der Waals surface area contributed by atoms with Gasteiger partial charge in [0.25, 0.3) is 5.91 Å². The van der Waals surface area contributed by atoms with Crippen LogP contribution in [0, 0.1) is 0 Å². The molecule has 92 valence electrons. The molecule has 1 aliphatic heterocycles. The Bertz CT molecular complexity index is 394. The van der Waals surface area contributed by atoms with Crippen molar-refractivity contribution in [1.29, 1.82) is 0 Å². The highest BCUT2D eigenvalue weighted by Crippen LogP contribution is 2.09. The van der Waals surface area contributed by atoms with Gasteiger partial charge >= 0.3 is 0 Å². The Labute approximate surface area is 108 Å². The monoisotopic (exact) mass is 299 g/mol. The summed E-state index contributed by atoms with van der Waals surface area (Å²) in [5.74, 6) is -0.132. The number of hydrogen-bond acceptors (Lipinski definition) is 4. The van der Waals surface area contributed by atoms with Gasteiger partial charge in [-0.25, -0.2) is 0 Å². The number of nitrogens with zero attached hydrogens (tertiary/aromatic N) is 1. The largest absolute Gasteiger partial charge is 0.374 e. The molecule has 1 unspecified atom stereocenters. The Kier molecular flexibility index (Phi) is 4.47. The van der Waals surface area contributed by atoms with Gasteiger partial charge in [-0.15, -0.1) is 0 Å². The summed E-state index contributed by atoms with van der Waals surface area (Å²) in [6, 6.07) is 1.74. The van der Waals surface area contributed by atoms with Gasteiger partial charge in [0.15, 0.2) is 0 Å². The van der Waals surface area contributed by atoms with Crippen LogP contribution in [0.4, 0.5) is 0 Å². The minimum Gasteiger partial charge on any atom is -0.374 e. The lowest BCUT2D eigenvalue weighted by Crippen LogP contribution is -2.45. The van der Waals surface area contributed by atoms with Crippen LogP contribution in [0.5, 0.6) is 0 Å². The summed E-state index contributed by atoms with van der Waals surface area (Å²) in [6.45, 7) is 2.86. The molecule has 17 heavy (non-hydrogen) atoms. The zero-order valence-electron chi connectivity index (χ0n) is 9.28. The van der Waals surface area contributed by atoms with E-state index in [4.69, 9.17) is 4.74 Å². The number of carbonyl (C=O) groups is 1. The number of nitrogens with one attached hydrogen (secondary N) is 2. The molecule has 1 saturated heterocycles. The number of morpholine rings is 1. The molecule has 6 heteroatoms. The predicted octanol–water partition coefficient (Wildman–Crippen LogP) is 0.562. The van der Waals surface area contributed by atoms with Crippen molar-refractivity contribution in [2.45, 2.75) is 6.10 Å². The van der Waals surface area contributed by atoms with Crippen LogP contribution in [0.3, 0.4) is 0 Å². The van der Waals surface area contributed by atoms with Crippen molar-refractivity contribution in [2.75, 3.05) is 26.2 Å². The van der Waals surface area contributed by atoms with E-state index in [9.17, 15) is 4.79 Å². The minimum atomic E-state index is -0.132. The fraction of sp³-hybridized carbons (Fsp3) is 0.455. The maximum Gasteiger partial charge on any atom is 0.252 e. The summed E-state index contributed by atoms with van der Waals surface area (Å²) in [4.78, 5) is 15.7. The van der Waals surface area contributed by atoms with Crippen LogP contribution in [0.2, 0.25) is 0 Å². The van der Waals surface area contributed by atoms with Gasteiger partial charge in [-0.1, -0.05) is 0 Å². The fourth-order valence-electron chi connectivity index (χ4n) is 1.60. The number of hydrogen-bond donors (Lipinski definition) is 2. The lowest BCUT2D eigenvalue weighted by molar-refractivity contribution is 0.0287. The molecule has 1 atom stereocenters. The van der Waals surface area contributed by atoms with Gasteiger partial charge in [0, 0.05) is 36.5 Å². The van der Waals surface area contributed by atoms with Crippen LogP contribution in [-0.2, 0) is 4.74 Å². The summed E-state index contributed by atoms with van der Waals surface area (Å²) >= 11 is 3.28. The molecule has 1 aromatic rings. The second-order valence-electron chi connectivity index (χ2n) is 3.80. The molecule has 1 amide bonds. The summed E-state index contributed by atoms with van der Waals surface area (Å²) in [5, 5.41) is 6.04. The Hall–Kier alpha value is -0.980. The molecule has 1 aliphatic rings. The zero-order valence-corrected chi connectivity index (χ0v) is 10.9. The summed E-state index contributed by atoms with van der Waals surface area (Å²) in [6.07, 6.45) is 3.23. The van der Waals surface area contributed by atoms with Crippen LogP contribution in [-0.4, -0.2) is 43.2 Å². The number of pyridine rings is 1. The highest BCUT2D eigenvalue weighted by molar-refractivity contribution is 9.10. The first-order chi connectivity index (χ1) is 8.25. The van der Waals surface area contributed by atoms with E-state index in [1.807, 2.05) is 0 Å². The van der Waals surface area contributed by atoms with Crippen molar-refractivity contribution >= 4 is 21.8 Å². The first-order valence-electron chi connectivity index (χ1n) is 5.47. The number of rotatable bonds is 3. The molecule has 5 nitrogen and oxygen atoms in total. The number of halogens is 1. The summed E-state index contributed by atoms with van der Waals surface area (Å²) in [5.41, 5.74) is 0.545. The van der Waals surface area contributed by atoms with Crippen molar-refractivity contribution in [3.8, 4) is 0 Å². The second kappa shape index (κ2) is 6.09. The Balaban J connectivity index is 1.84. The molecule has 2 N–H and O–H groups in total. The molecule has 0 bridgehead atoms. The smallest absolute Gasteiger partial charge is 0.252 e. The Morgan fingerprint density at radius 3 is 3.24 bits per heavy atom. The van der Waals surface area contributed by atoms with E-state index < -0.39 is 0 Å². The Morgan fingerprint density at radius 2 is 2.53 bits per heavy atom. The van der Waals surface area contributed by atoms with Gasteiger partial charge in [0.1, 0.15) is 0 Å². The van der Waals surface area contributed by atoms with Gasteiger partial charge in [0.05, 0.1) is 18.3 Å². The third kappa shape index (κ3) is 3.76. The van der Waals surface area contributed by atoms with E-state index in [1.54, 1.807) is 18.5 Å². The lowest BCUT2D eigenvalue weighted by Gasteiger charge is -2.23. The van der Waals surface area contributed by atoms with Crippen molar-refractivity contribution in [3.63, 3.8) is 0 Å². The fourth-order valence-corrected chi connectivity index (χ4v) is 1.96. The average molecular weight is 300 g/mol. The first-order valence-corrected chi connectivity index (χ1v) is 6.26. The number of amides is 1. The lowest BCUT2D eigenvalue weighted by atomic mass is 10.2. The molecule has 0 radical (unpaired) electrons. The van der Waals surface area contributed by atoms with E-state index in [-0.39, 0.29) is 12.0 Å². The Morgan fingerprint density at radius 1 is 1.65 bits per heavy atom. The normalized spacial score (nSPS) is 19.9. The van der Waals surface area contributed by atoms with Crippen LogP contribution >= 0.6 is 15.9 Å². The van der Waals surface area contributed by atoms with Crippen molar-refractivity contribution in [1.82, 2.24) is 15.6 Å². The van der Waals surface area contributed by atoms with Crippen molar-refractivity contribution < 1.29 is 9.53 Å². The van der Waals surface area contributed by atoms with Gasteiger partial charge in [-0.05, 0) is 22.0 Å². The molecule has 0 saturated carbocycles. The van der Waals surface area contributed by atoms with Crippen LogP contribution in [0.1, 0.15) is 10.4 Å². The maximum absolute atomic E-state index is 11.8. The van der Waals surface area contributed by atoms with Crippen LogP contribution < -0.4 is 10.6 Å². The molecule has 1 aromatic heterocycles. The highest BCUT2D eigenvalue weighted by atomic mass is 79.9. The van der Waals surface area contributed by atoms with Gasteiger partial charge in [0.2, 0.25) is 0 Å². The molecule has 2 heterocycles. The van der Waals surface area contributed by atoms with Gasteiger partial charge < -0.3 is 15.4 Å². The topological polar surface area (TPSA) is 63.2 Å². The van der Waals surface area contributed by atoms with E-state index >= 15 is 0 Å². The van der Waals surface area contributed by atoms with Crippen LogP contribution in [0.15, 0.2) is 22.9 Å². The number of carbonyl (C=O) groups excluding carboxylic acids is 1. The molecular weight excluding hydrogens is 286 g/mol. The number of ether oxygens (including phenoxy) is 1. The first kappa shape index (κ1) is 12.5. The maximum atomic E-state index is 11.8. The van der Waals surface area contributed by atoms with E-state index in [1.165, 1.54) is 0 Å². The SMILES string of the molecule is O=C(NCC1CNCCO1)c1cncc(Br)c1. The zero-order chi connectivity index (χ0) is 12.1. The van der Waals surface area contributed by atoms with Crippen molar-refractivity contribution in [3.05, 3.63) is 28.5 Å². The highest BCUT2D eigenvalue weighted by Gasteiger charge is 2.14. The molecule has 0 aliphatic carbocycles. The van der Waals surface area contributed by atoms with Gasteiger partial charge in [-0.3, -0.25) is 9.78 Å². The van der Waals surface area contributed by atoms with Crippen LogP contribution in [0.25, 0.3) is 0 Å². The number of aromatic nitrogens is 1. The van der Waals surface area contributed by atoms with E-state index in [0.29, 0.717) is 18.7 Å². The minimum absolute atomic E-state index is 0.0489. The average Bonchev–Trinajstić information content (AvgIpc) is 2.37. The summed E-state index contributed by atoms with van der Waals surface area (Å²) < 4.78 is 6.28. The predicted molar refractivity (Wildman–Crippen MR) is 66.9 cm³/mol.